The number of nitrogens with zero attached hydrogens (tertiary/aromatic N) is 3. The van der Waals surface area contributed by atoms with Crippen LogP contribution in [0.2, 0.25) is 0 Å². The normalized spacial score (nSPS) is 17.7. The van der Waals surface area contributed by atoms with Gasteiger partial charge >= 0.3 is 0 Å². The average molecular weight is 342 g/mol. The molecule has 7 heteroatoms. The Hall–Kier alpha value is -2.41. The van der Waals surface area contributed by atoms with Crippen molar-refractivity contribution in [2.75, 3.05) is 6.54 Å². The lowest BCUT2D eigenvalue weighted by atomic mass is 10.1. The van der Waals surface area contributed by atoms with E-state index in [2.05, 4.69) is 21.5 Å². The number of amides is 1. The van der Waals surface area contributed by atoms with Gasteiger partial charge in [-0.3, -0.25) is 14.7 Å². The van der Waals surface area contributed by atoms with Gasteiger partial charge in [-0.05, 0) is 42.2 Å². The first-order chi connectivity index (χ1) is 11.6. The fourth-order valence-electron chi connectivity index (χ4n) is 3.44. The molecule has 24 heavy (non-hydrogen) atoms. The molecule has 0 radical (unpaired) electrons. The van der Waals surface area contributed by atoms with Crippen LogP contribution in [0.25, 0.3) is 5.65 Å². The Balaban J connectivity index is 1.63. The van der Waals surface area contributed by atoms with Crippen LogP contribution in [0.1, 0.15) is 35.7 Å². The summed E-state index contributed by atoms with van der Waals surface area (Å²) in [6.07, 6.45) is 3.74. The van der Waals surface area contributed by atoms with E-state index in [4.69, 9.17) is 0 Å². The van der Waals surface area contributed by atoms with Crippen molar-refractivity contribution in [3.05, 3.63) is 56.3 Å². The van der Waals surface area contributed by atoms with E-state index in [0.29, 0.717) is 16.9 Å². The lowest BCUT2D eigenvalue weighted by molar-refractivity contribution is -0.131. The topological polar surface area (TPSA) is 70.5 Å². The van der Waals surface area contributed by atoms with Gasteiger partial charge in [0, 0.05) is 30.1 Å². The Morgan fingerprint density at radius 3 is 3.12 bits per heavy atom. The van der Waals surface area contributed by atoms with Gasteiger partial charge in [-0.2, -0.15) is 11.3 Å². The lowest BCUT2D eigenvalue weighted by Gasteiger charge is -2.24. The highest BCUT2D eigenvalue weighted by molar-refractivity contribution is 7.07. The fourth-order valence-corrected chi connectivity index (χ4v) is 4.15. The van der Waals surface area contributed by atoms with E-state index in [0.717, 1.165) is 19.4 Å². The number of carbonyl (C=O) groups is 1. The molecule has 0 spiro atoms. The Morgan fingerprint density at radius 1 is 1.46 bits per heavy atom. The third kappa shape index (κ3) is 2.45. The first-order valence-corrected chi connectivity index (χ1v) is 8.96. The number of nitrogens with one attached hydrogen (secondary N) is 1. The lowest BCUT2D eigenvalue weighted by Crippen LogP contribution is -2.34. The molecule has 0 aliphatic carbocycles. The third-order valence-corrected chi connectivity index (χ3v) is 5.38. The highest BCUT2D eigenvalue weighted by Crippen LogP contribution is 2.33. The zero-order valence-electron chi connectivity index (χ0n) is 13.4. The van der Waals surface area contributed by atoms with Crippen molar-refractivity contribution >= 4 is 22.9 Å². The highest BCUT2D eigenvalue weighted by Gasteiger charge is 2.30. The van der Waals surface area contributed by atoms with Gasteiger partial charge < -0.3 is 4.90 Å². The minimum Gasteiger partial charge on any atom is -0.335 e. The summed E-state index contributed by atoms with van der Waals surface area (Å²) in [6.45, 7) is 2.54. The van der Waals surface area contributed by atoms with Crippen LogP contribution in [0.4, 0.5) is 0 Å². The molecule has 1 saturated heterocycles. The maximum Gasteiger partial charge on any atom is 0.276 e. The average Bonchev–Trinajstić information content (AvgIpc) is 3.30. The number of aryl methyl sites for hydroxylation is 1. The molecule has 6 nitrogen and oxygen atoms in total. The van der Waals surface area contributed by atoms with Crippen molar-refractivity contribution in [3.8, 4) is 0 Å². The van der Waals surface area contributed by atoms with Crippen LogP contribution < -0.4 is 5.56 Å². The van der Waals surface area contributed by atoms with Gasteiger partial charge in [-0.15, -0.1) is 0 Å². The molecule has 0 aromatic carbocycles. The minimum atomic E-state index is -0.192. The summed E-state index contributed by atoms with van der Waals surface area (Å²) in [7, 11) is 0. The molecule has 3 aromatic heterocycles. The summed E-state index contributed by atoms with van der Waals surface area (Å²) in [5, 5.41) is 6.99. The third-order valence-electron chi connectivity index (χ3n) is 4.67. The molecule has 4 rings (SSSR count). The van der Waals surface area contributed by atoms with Crippen molar-refractivity contribution in [2.24, 2.45) is 0 Å². The molecule has 1 N–H and O–H groups in total. The summed E-state index contributed by atoms with van der Waals surface area (Å²) in [6, 6.07) is 3.95. The first-order valence-electron chi connectivity index (χ1n) is 8.02. The minimum absolute atomic E-state index is 0.00259. The summed E-state index contributed by atoms with van der Waals surface area (Å²) in [4.78, 5) is 31.8. The van der Waals surface area contributed by atoms with Gasteiger partial charge in [0.15, 0.2) is 5.65 Å². The molecule has 1 atom stereocenters. The van der Waals surface area contributed by atoms with E-state index in [1.54, 1.807) is 30.5 Å². The maximum absolute atomic E-state index is 12.8. The molecule has 0 bridgehead atoms. The molecule has 124 valence electrons. The van der Waals surface area contributed by atoms with E-state index in [-0.39, 0.29) is 23.9 Å². The van der Waals surface area contributed by atoms with Crippen LogP contribution in [-0.4, -0.2) is 31.9 Å². The quantitative estimate of drug-likeness (QED) is 0.794. The predicted octanol–water partition coefficient (Wildman–Crippen LogP) is 2.30. The SMILES string of the molecule is Cc1nc2cc[nH]n2c(=O)c1CC(=O)N1CCC[C@H]1c1ccsc1. The number of aromatic nitrogens is 3. The van der Waals surface area contributed by atoms with E-state index >= 15 is 0 Å². The fraction of sp³-hybridized carbons (Fsp3) is 0.353. The Bertz CT molecular complexity index is 941. The number of hydrogen-bond acceptors (Lipinski definition) is 4. The molecule has 1 aliphatic heterocycles. The zero-order chi connectivity index (χ0) is 16.7. The number of fused-ring (bicyclic) bond motifs is 1. The van der Waals surface area contributed by atoms with Crippen LogP contribution in [0.3, 0.4) is 0 Å². The highest BCUT2D eigenvalue weighted by atomic mass is 32.1. The second kappa shape index (κ2) is 5.90. The summed E-state index contributed by atoms with van der Waals surface area (Å²) in [5.74, 6) is -0.00259. The monoisotopic (exact) mass is 342 g/mol. The van der Waals surface area contributed by atoms with E-state index in [9.17, 15) is 9.59 Å². The number of thiophene rings is 1. The number of aromatic amines is 1. The van der Waals surface area contributed by atoms with Gasteiger partial charge in [-0.25, -0.2) is 9.50 Å². The van der Waals surface area contributed by atoms with Gasteiger partial charge in [-0.1, -0.05) is 0 Å². The van der Waals surface area contributed by atoms with Crippen LogP contribution in [-0.2, 0) is 11.2 Å². The molecular weight excluding hydrogens is 324 g/mol. The molecule has 1 amide bonds. The summed E-state index contributed by atoms with van der Waals surface area (Å²) in [5.41, 5.74) is 2.67. The van der Waals surface area contributed by atoms with Gasteiger partial charge in [0.05, 0.1) is 12.5 Å². The Labute approximate surface area is 142 Å². The van der Waals surface area contributed by atoms with Crippen molar-refractivity contribution in [2.45, 2.75) is 32.2 Å². The van der Waals surface area contributed by atoms with Crippen molar-refractivity contribution in [3.63, 3.8) is 0 Å². The number of likely N-dealkylation sites (tertiary alicyclic amines) is 1. The number of carbonyl (C=O) groups excluding carboxylic acids is 1. The van der Waals surface area contributed by atoms with Crippen LogP contribution in [0.5, 0.6) is 0 Å². The Kier molecular flexibility index (Phi) is 3.72. The molecule has 1 aliphatic rings. The van der Waals surface area contributed by atoms with E-state index < -0.39 is 0 Å². The number of rotatable bonds is 3. The second-order valence-corrected chi connectivity index (χ2v) is 6.90. The van der Waals surface area contributed by atoms with Gasteiger partial charge in [0.2, 0.25) is 5.91 Å². The Morgan fingerprint density at radius 2 is 2.33 bits per heavy atom. The van der Waals surface area contributed by atoms with Crippen molar-refractivity contribution in [1.29, 1.82) is 0 Å². The summed E-state index contributed by atoms with van der Waals surface area (Å²) >= 11 is 1.65. The van der Waals surface area contributed by atoms with E-state index in [1.807, 2.05) is 10.3 Å². The zero-order valence-corrected chi connectivity index (χ0v) is 14.2. The predicted molar refractivity (Wildman–Crippen MR) is 92.3 cm³/mol. The van der Waals surface area contributed by atoms with Crippen LogP contribution >= 0.6 is 11.3 Å². The van der Waals surface area contributed by atoms with Crippen molar-refractivity contribution in [1.82, 2.24) is 19.5 Å². The molecule has 3 aromatic rings. The number of hydrogen-bond donors (Lipinski definition) is 1. The molecule has 4 heterocycles. The number of H-pyrrole nitrogens is 1. The van der Waals surface area contributed by atoms with Gasteiger partial charge in [0.1, 0.15) is 0 Å². The molecule has 0 unspecified atom stereocenters. The van der Waals surface area contributed by atoms with Crippen LogP contribution in [0, 0.1) is 6.92 Å². The summed E-state index contributed by atoms with van der Waals surface area (Å²) < 4.78 is 1.38. The van der Waals surface area contributed by atoms with E-state index in [1.165, 1.54) is 10.1 Å². The standard InChI is InChI=1S/C17H18N4O2S/c1-11-13(17(23)21-15(19-11)4-6-18-21)9-16(22)20-7-2-3-14(20)12-5-8-24-10-12/h4-6,8,10,14,18H,2-3,7,9H2,1H3/t14-/m0/s1. The second-order valence-electron chi connectivity index (χ2n) is 6.12. The van der Waals surface area contributed by atoms with Crippen LogP contribution in [0.15, 0.2) is 33.9 Å². The van der Waals surface area contributed by atoms with Crippen molar-refractivity contribution < 1.29 is 4.79 Å². The largest absolute Gasteiger partial charge is 0.335 e. The maximum atomic E-state index is 12.8. The molecule has 1 fully saturated rings. The molecular formula is C17H18N4O2S. The van der Waals surface area contributed by atoms with Gasteiger partial charge in [0.25, 0.3) is 5.56 Å². The first kappa shape index (κ1) is 15.1. The smallest absolute Gasteiger partial charge is 0.276 e. The molecule has 0 saturated carbocycles.